The molecular weight excluding hydrogens is 152 g/mol. The molecule has 2 N–H and O–H groups in total. The largest absolute Gasteiger partial charge is 0.345 e. The first-order chi connectivity index (χ1) is 5.70. The second kappa shape index (κ2) is 3.90. The van der Waals surface area contributed by atoms with E-state index in [0.717, 1.165) is 19.4 Å². The van der Waals surface area contributed by atoms with Gasteiger partial charge in [0.25, 0.3) is 0 Å². The molecule has 1 aliphatic rings. The lowest BCUT2D eigenvalue weighted by Crippen LogP contribution is -2.30. The molecule has 2 unspecified atom stereocenters. The lowest BCUT2D eigenvalue weighted by Gasteiger charge is -2.18. The average molecular weight is 170 g/mol. The van der Waals surface area contributed by atoms with Crippen LogP contribution in [-0.2, 0) is 4.79 Å². The summed E-state index contributed by atoms with van der Waals surface area (Å²) in [4.78, 5) is 13.3. The van der Waals surface area contributed by atoms with Gasteiger partial charge in [-0.3, -0.25) is 4.79 Å². The quantitative estimate of drug-likeness (QED) is 0.668. The van der Waals surface area contributed by atoms with Crippen molar-refractivity contribution in [3.63, 3.8) is 0 Å². The predicted octanol–water partition coefficient (Wildman–Crippen LogP) is 0.450. The predicted molar refractivity (Wildman–Crippen MR) is 48.6 cm³/mol. The molecule has 0 spiro atoms. The van der Waals surface area contributed by atoms with Gasteiger partial charge in [0, 0.05) is 19.5 Å². The van der Waals surface area contributed by atoms with Crippen LogP contribution in [0.1, 0.15) is 19.8 Å². The lowest BCUT2D eigenvalue weighted by molar-refractivity contribution is -0.131. The fourth-order valence-electron chi connectivity index (χ4n) is 1.90. The molecule has 70 valence electrons. The summed E-state index contributed by atoms with van der Waals surface area (Å²) in [6.07, 6.45) is 2.01. The summed E-state index contributed by atoms with van der Waals surface area (Å²) in [6.45, 7) is 3.64. The first kappa shape index (κ1) is 9.52. The molecule has 1 heterocycles. The van der Waals surface area contributed by atoms with Gasteiger partial charge < -0.3 is 10.6 Å². The van der Waals surface area contributed by atoms with Crippen molar-refractivity contribution in [1.29, 1.82) is 0 Å². The van der Waals surface area contributed by atoms with Crippen LogP contribution in [0, 0.1) is 11.8 Å². The fourth-order valence-corrected chi connectivity index (χ4v) is 1.90. The Hall–Kier alpha value is -0.570. The fraction of sp³-hybridized carbons (Fsp3) is 0.889. The van der Waals surface area contributed by atoms with E-state index in [-0.39, 0.29) is 11.8 Å². The summed E-state index contributed by atoms with van der Waals surface area (Å²) < 4.78 is 0. The zero-order valence-electron chi connectivity index (χ0n) is 7.92. The van der Waals surface area contributed by atoms with Gasteiger partial charge in [0.2, 0.25) is 5.91 Å². The van der Waals surface area contributed by atoms with Crippen molar-refractivity contribution in [1.82, 2.24) is 4.90 Å². The first-order valence-corrected chi connectivity index (χ1v) is 4.65. The van der Waals surface area contributed by atoms with E-state index >= 15 is 0 Å². The molecule has 1 rings (SSSR count). The highest BCUT2D eigenvalue weighted by molar-refractivity contribution is 5.80. The smallest absolute Gasteiger partial charge is 0.225 e. The number of likely N-dealkylation sites (tertiary alicyclic amines) is 1. The second-order valence-electron chi connectivity index (χ2n) is 3.56. The van der Waals surface area contributed by atoms with E-state index in [4.69, 9.17) is 5.73 Å². The van der Waals surface area contributed by atoms with Crippen LogP contribution in [0.3, 0.4) is 0 Å². The van der Waals surface area contributed by atoms with Gasteiger partial charge in [0.1, 0.15) is 0 Å². The van der Waals surface area contributed by atoms with E-state index in [9.17, 15) is 4.79 Å². The highest BCUT2D eigenvalue weighted by Gasteiger charge is 2.33. The van der Waals surface area contributed by atoms with E-state index in [1.165, 1.54) is 0 Å². The molecule has 2 atom stereocenters. The van der Waals surface area contributed by atoms with Gasteiger partial charge in [-0.15, -0.1) is 0 Å². The lowest BCUT2D eigenvalue weighted by atomic mass is 9.89. The van der Waals surface area contributed by atoms with Crippen molar-refractivity contribution in [3.05, 3.63) is 0 Å². The van der Waals surface area contributed by atoms with Gasteiger partial charge in [-0.05, 0) is 18.9 Å². The Morgan fingerprint density at radius 3 is 2.75 bits per heavy atom. The molecule has 0 aliphatic carbocycles. The molecule has 3 nitrogen and oxygen atoms in total. The van der Waals surface area contributed by atoms with Gasteiger partial charge in [-0.1, -0.05) is 13.3 Å². The van der Waals surface area contributed by atoms with Crippen LogP contribution in [0.15, 0.2) is 0 Å². The van der Waals surface area contributed by atoms with Crippen LogP contribution in [0.5, 0.6) is 0 Å². The van der Waals surface area contributed by atoms with E-state index in [1.807, 2.05) is 11.9 Å². The van der Waals surface area contributed by atoms with E-state index in [1.54, 1.807) is 0 Å². The highest BCUT2D eigenvalue weighted by atomic mass is 16.2. The minimum atomic E-state index is 0.199. The molecule has 0 aromatic rings. The molecule has 0 radical (unpaired) electrons. The molecule has 1 amide bonds. The molecule has 1 fully saturated rings. The second-order valence-corrected chi connectivity index (χ2v) is 3.56. The van der Waals surface area contributed by atoms with Crippen LogP contribution in [0.4, 0.5) is 0 Å². The summed E-state index contributed by atoms with van der Waals surface area (Å²) in [5, 5.41) is 0. The van der Waals surface area contributed by atoms with Crippen LogP contribution >= 0.6 is 0 Å². The van der Waals surface area contributed by atoms with Crippen molar-refractivity contribution in [2.45, 2.75) is 19.8 Å². The number of nitrogens with two attached hydrogens (primary N) is 1. The minimum absolute atomic E-state index is 0.199. The average Bonchev–Trinajstić information content (AvgIpc) is 2.38. The van der Waals surface area contributed by atoms with E-state index < -0.39 is 0 Å². The summed E-state index contributed by atoms with van der Waals surface area (Å²) in [6, 6.07) is 0. The third-order valence-electron chi connectivity index (χ3n) is 2.87. The number of rotatable bonds is 3. The summed E-state index contributed by atoms with van der Waals surface area (Å²) >= 11 is 0. The van der Waals surface area contributed by atoms with Crippen molar-refractivity contribution in [2.24, 2.45) is 17.6 Å². The van der Waals surface area contributed by atoms with E-state index in [2.05, 4.69) is 6.92 Å². The van der Waals surface area contributed by atoms with Crippen LogP contribution in [-0.4, -0.2) is 30.9 Å². The van der Waals surface area contributed by atoms with Gasteiger partial charge in [0.05, 0.1) is 0 Å². The molecule has 0 bridgehead atoms. The minimum Gasteiger partial charge on any atom is -0.345 e. The maximum Gasteiger partial charge on any atom is 0.225 e. The first-order valence-electron chi connectivity index (χ1n) is 4.65. The normalized spacial score (nSPS) is 26.4. The standard InChI is InChI=1S/C9H18N2O/c1-3-7(6-10)8-4-5-11(2)9(8)12/h7-8H,3-6,10H2,1-2H3. The number of hydrogen-bond acceptors (Lipinski definition) is 2. The number of nitrogens with zero attached hydrogens (tertiary/aromatic N) is 1. The topological polar surface area (TPSA) is 46.3 Å². The Kier molecular flexibility index (Phi) is 3.09. The summed E-state index contributed by atoms with van der Waals surface area (Å²) in [7, 11) is 1.87. The maximum atomic E-state index is 11.5. The SMILES string of the molecule is CCC(CN)C1CCN(C)C1=O. The van der Waals surface area contributed by atoms with Crippen LogP contribution in [0.25, 0.3) is 0 Å². The monoisotopic (exact) mass is 170 g/mol. The zero-order chi connectivity index (χ0) is 9.14. The molecule has 1 saturated heterocycles. The third kappa shape index (κ3) is 1.61. The zero-order valence-corrected chi connectivity index (χ0v) is 7.92. The van der Waals surface area contributed by atoms with Crippen molar-refractivity contribution >= 4 is 5.91 Å². The Bertz CT molecular complexity index is 166. The Labute approximate surface area is 73.9 Å². The van der Waals surface area contributed by atoms with Gasteiger partial charge in [-0.25, -0.2) is 0 Å². The number of carbonyl (C=O) groups excluding carboxylic acids is 1. The maximum absolute atomic E-state index is 11.5. The number of carbonyl (C=O) groups is 1. The molecular formula is C9H18N2O. The molecule has 12 heavy (non-hydrogen) atoms. The van der Waals surface area contributed by atoms with E-state index in [0.29, 0.717) is 12.5 Å². The van der Waals surface area contributed by atoms with Gasteiger partial charge in [-0.2, -0.15) is 0 Å². The van der Waals surface area contributed by atoms with Crippen LogP contribution < -0.4 is 5.73 Å². The Morgan fingerprint density at radius 1 is 1.75 bits per heavy atom. The number of hydrogen-bond donors (Lipinski definition) is 1. The summed E-state index contributed by atoms with van der Waals surface area (Å²) in [5.74, 6) is 0.875. The molecule has 0 aromatic carbocycles. The van der Waals surface area contributed by atoms with Crippen LogP contribution in [0.2, 0.25) is 0 Å². The molecule has 3 heteroatoms. The molecule has 1 aliphatic heterocycles. The third-order valence-corrected chi connectivity index (χ3v) is 2.87. The van der Waals surface area contributed by atoms with Crippen molar-refractivity contribution in [2.75, 3.05) is 20.1 Å². The van der Waals surface area contributed by atoms with Gasteiger partial charge in [0.15, 0.2) is 0 Å². The Morgan fingerprint density at radius 2 is 2.42 bits per heavy atom. The molecule has 0 aromatic heterocycles. The highest BCUT2D eigenvalue weighted by Crippen LogP contribution is 2.25. The number of amides is 1. The van der Waals surface area contributed by atoms with Crippen molar-refractivity contribution in [3.8, 4) is 0 Å². The molecule has 0 saturated carbocycles. The van der Waals surface area contributed by atoms with Crippen molar-refractivity contribution < 1.29 is 4.79 Å². The van der Waals surface area contributed by atoms with Gasteiger partial charge >= 0.3 is 0 Å². The summed E-state index contributed by atoms with van der Waals surface area (Å²) in [5.41, 5.74) is 5.60. The Balaban J connectivity index is 2.57.